The van der Waals surface area contributed by atoms with Crippen LogP contribution in [0.3, 0.4) is 0 Å². The van der Waals surface area contributed by atoms with Gasteiger partial charge in [-0.05, 0) is 24.6 Å². The second kappa shape index (κ2) is 9.95. The van der Waals surface area contributed by atoms with Crippen molar-refractivity contribution in [1.29, 1.82) is 0 Å². The minimum atomic E-state index is -4.43. The number of nitrogens with one attached hydrogen (secondary N) is 1. The van der Waals surface area contributed by atoms with Gasteiger partial charge in [-0.3, -0.25) is 19.2 Å². The van der Waals surface area contributed by atoms with Crippen molar-refractivity contribution in [2.24, 2.45) is 0 Å². The highest BCUT2D eigenvalue weighted by Crippen LogP contribution is 2.30. The zero-order chi connectivity index (χ0) is 22.4. The molecule has 0 radical (unpaired) electrons. The molecule has 2 aromatic rings. The van der Waals surface area contributed by atoms with Gasteiger partial charge in [0.25, 0.3) is 0 Å². The second-order valence-corrected chi connectivity index (χ2v) is 7.42. The maximum atomic E-state index is 13.0. The highest BCUT2D eigenvalue weighted by molar-refractivity contribution is 5.88. The third-order valence-corrected chi connectivity index (χ3v) is 5.34. The molecule has 0 aliphatic carbocycles. The lowest BCUT2D eigenvalue weighted by Gasteiger charge is -2.35. The Morgan fingerprint density at radius 2 is 2.13 bits per heavy atom. The number of likely N-dealkylation sites (N-methyl/N-ethyl adjacent to an activating group) is 1. The van der Waals surface area contributed by atoms with Gasteiger partial charge in [0, 0.05) is 45.1 Å². The predicted molar refractivity (Wildman–Crippen MR) is 108 cm³/mol. The molecular formula is C21H26F3N5O2. The summed E-state index contributed by atoms with van der Waals surface area (Å²) in [4.78, 5) is 28.8. The van der Waals surface area contributed by atoms with E-state index < -0.39 is 17.8 Å². The Bertz CT molecular complexity index is 885. The zero-order valence-electron chi connectivity index (χ0n) is 17.3. The molecule has 31 heavy (non-hydrogen) atoms. The first kappa shape index (κ1) is 22.8. The Morgan fingerprint density at radius 3 is 2.81 bits per heavy atom. The van der Waals surface area contributed by atoms with E-state index in [0.717, 1.165) is 12.1 Å². The number of rotatable bonds is 8. The van der Waals surface area contributed by atoms with Crippen LogP contribution in [0.5, 0.6) is 0 Å². The molecule has 0 saturated carbocycles. The number of halogens is 3. The summed E-state index contributed by atoms with van der Waals surface area (Å²) in [5.74, 6) is -0.458. The summed E-state index contributed by atoms with van der Waals surface area (Å²) in [6, 6.07) is 6.14. The lowest BCUT2D eigenvalue weighted by atomic mass is 10.0. The molecule has 0 bridgehead atoms. The number of benzene rings is 1. The van der Waals surface area contributed by atoms with Gasteiger partial charge in [0.05, 0.1) is 24.6 Å². The number of nitrogens with zero attached hydrogens (tertiary/aromatic N) is 4. The van der Waals surface area contributed by atoms with E-state index in [-0.39, 0.29) is 24.8 Å². The third kappa shape index (κ3) is 6.06. The van der Waals surface area contributed by atoms with Gasteiger partial charge < -0.3 is 10.2 Å². The molecule has 10 heteroatoms. The van der Waals surface area contributed by atoms with E-state index in [2.05, 4.69) is 10.4 Å². The number of amides is 2. The van der Waals surface area contributed by atoms with Crippen molar-refractivity contribution < 1.29 is 22.8 Å². The highest BCUT2D eigenvalue weighted by atomic mass is 19.4. The quantitative estimate of drug-likeness (QED) is 0.687. The van der Waals surface area contributed by atoms with Crippen LogP contribution in [0.2, 0.25) is 0 Å². The number of alkyl halides is 3. The standard InChI is InChI=1S/C21H26F3N5O2/c1-2-27(11-12-29-9-4-7-26-29)19(30)14-18-20(31)25-8-10-28(18)15-16-5-3-6-17(13-16)21(22,23)24/h3-7,9,13,18H,2,8,10-12,14-15H2,1H3,(H,25,31)/t18-/m1/s1. The normalized spacial score (nSPS) is 17.4. The van der Waals surface area contributed by atoms with E-state index in [1.54, 1.807) is 32.8 Å². The summed E-state index contributed by atoms with van der Waals surface area (Å²) in [6.45, 7) is 4.36. The van der Waals surface area contributed by atoms with Crippen LogP contribution in [0, 0.1) is 0 Å². The van der Waals surface area contributed by atoms with E-state index in [9.17, 15) is 22.8 Å². The molecule has 3 rings (SSSR count). The van der Waals surface area contributed by atoms with Gasteiger partial charge in [-0.25, -0.2) is 0 Å². The fourth-order valence-electron chi connectivity index (χ4n) is 3.66. The molecule has 7 nitrogen and oxygen atoms in total. The Balaban J connectivity index is 1.67. The van der Waals surface area contributed by atoms with Gasteiger partial charge >= 0.3 is 6.18 Å². The first-order valence-corrected chi connectivity index (χ1v) is 10.2. The molecule has 1 aliphatic heterocycles. The molecule has 1 atom stereocenters. The van der Waals surface area contributed by atoms with Gasteiger partial charge in [0.1, 0.15) is 0 Å². The molecule has 1 N–H and O–H groups in total. The van der Waals surface area contributed by atoms with Crippen molar-refractivity contribution in [3.8, 4) is 0 Å². The lowest BCUT2D eigenvalue weighted by molar-refractivity contribution is -0.139. The topological polar surface area (TPSA) is 70.5 Å². The monoisotopic (exact) mass is 437 g/mol. The van der Waals surface area contributed by atoms with Crippen LogP contribution in [-0.2, 0) is 28.9 Å². The third-order valence-electron chi connectivity index (χ3n) is 5.34. The summed E-state index contributed by atoms with van der Waals surface area (Å²) in [5.41, 5.74) is -0.275. The minimum Gasteiger partial charge on any atom is -0.353 e. The Morgan fingerprint density at radius 1 is 1.32 bits per heavy atom. The van der Waals surface area contributed by atoms with E-state index in [4.69, 9.17) is 0 Å². The maximum absolute atomic E-state index is 13.0. The first-order chi connectivity index (χ1) is 14.8. The van der Waals surface area contributed by atoms with Crippen molar-refractivity contribution in [1.82, 2.24) is 24.9 Å². The highest BCUT2D eigenvalue weighted by Gasteiger charge is 2.34. The second-order valence-electron chi connectivity index (χ2n) is 7.42. The Hall–Kier alpha value is -2.88. The van der Waals surface area contributed by atoms with Crippen LogP contribution in [0.15, 0.2) is 42.7 Å². The Kier molecular flexibility index (Phi) is 7.32. The number of hydrogen-bond donors (Lipinski definition) is 1. The first-order valence-electron chi connectivity index (χ1n) is 10.2. The molecule has 168 valence electrons. The van der Waals surface area contributed by atoms with Gasteiger partial charge in [-0.2, -0.15) is 18.3 Å². The summed E-state index contributed by atoms with van der Waals surface area (Å²) in [5, 5.41) is 6.87. The zero-order valence-corrected chi connectivity index (χ0v) is 17.3. The molecule has 2 amide bonds. The van der Waals surface area contributed by atoms with E-state index >= 15 is 0 Å². The molecule has 1 aromatic heterocycles. The molecule has 1 aliphatic rings. The van der Waals surface area contributed by atoms with Gasteiger partial charge in [0.15, 0.2) is 0 Å². The maximum Gasteiger partial charge on any atom is 0.416 e. The van der Waals surface area contributed by atoms with Crippen molar-refractivity contribution in [3.05, 3.63) is 53.9 Å². The van der Waals surface area contributed by atoms with Crippen LogP contribution < -0.4 is 5.32 Å². The number of hydrogen-bond acceptors (Lipinski definition) is 4. The van der Waals surface area contributed by atoms with Crippen LogP contribution in [0.25, 0.3) is 0 Å². The smallest absolute Gasteiger partial charge is 0.353 e. The number of carbonyl (C=O) groups is 2. The lowest BCUT2D eigenvalue weighted by Crippen LogP contribution is -2.56. The summed E-state index contributed by atoms with van der Waals surface area (Å²) in [7, 11) is 0. The minimum absolute atomic E-state index is 0.0300. The fraction of sp³-hybridized carbons (Fsp3) is 0.476. The van der Waals surface area contributed by atoms with Crippen molar-refractivity contribution >= 4 is 11.8 Å². The van der Waals surface area contributed by atoms with Gasteiger partial charge in [0.2, 0.25) is 11.8 Å². The average Bonchev–Trinajstić information content (AvgIpc) is 3.24. The fourth-order valence-corrected chi connectivity index (χ4v) is 3.66. The molecule has 2 heterocycles. The van der Waals surface area contributed by atoms with E-state index in [1.807, 2.05) is 13.1 Å². The van der Waals surface area contributed by atoms with Crippen LogP contribution in [0.1, 0.15) is 24.5 Å². The van der Waals surface area contributed by atoms with E-state index in [0.29, 0.717) is 38.3 Å². The number of aromatic nitrogens is 2. The summed E-state index contributed by atoms with van der Waals surface area (Å²) >= 11 is 0. The molecule has 1 aromatic carbocycles. The largest absolute Gasteiger partial charge is 0.416 e. The molecule has 1 fully saturated rings. The molecule has 0 unspecified atom stereocenters. The molecular weight excluding hydrogens is 411 g/mol. The average molecular weight is 437 g/mol. The van der Waals surface area contributed by atoms with Gasteiger partial charge in [-0.1, -0.05) is 18.2 Å². The number of piperazine rings is 1. The number of carbonyl (C=O) groups excluding carboxylic acids is 2. The molecule has 1 saturated heterocycles. The van der Waals surface area contributed by atoms with Crippen LogP contribution >= 0.6 is 0 Å². The summed E-state index contributed by atoms with van der Waals surface area (Å²) in [6.07, 6.45) is -0.988. The van der Waals surface area contributed by atoms with Crippen molar-refractivity contribution in [2.45, 2.75) is 38.7 Å². The van der Waals surface area contributed by atoms with Crippen molar-refractivity contribution in [3.63, 3.8) is 0 Å². The van der Waals surface area contributed by atoms with Crippen molar-refractivity contribution in [2.75, 3.05) is 26.2 Å². The van der Waals surface area contributed by atoms with Crippen LogP contribution in [0.4, 0.5) is 13.2 Å². The van der Waals surface area contributed by atoms with Gasteiger partial charge in [-0.15, -0.1) is 0 Å². The van der Waals surface area contributed by atoms with Crippen LogP contribution in [-0.4, -0.2) is 63.6 Å². The Labute approximate surface area is 178 Å². The van der Waals surface area contributed by atoms with E-state index in [1.165, 1.54) is 6.07 Å². The predicted octanol–water partition coefficient (Wildman–Crippen LogP) is 2.14. The molecule has 0 spiro atoms. The SMILES string of the molecule is CCN(CCn1cccn1)C(=O)C[C@@H]1C(=O)NCCN1Cc1cccc(C(F)(F)F)c1. The summed E-state index contributed by atoms with van der Waals surface area (Å²) < 4.78 is 40.8.